The van der Waals surface area contributed by atoms with Crippen molar-refractivity contribution in [1.82, 2.24) is 10.2 Å². The molecule has 1 saturated heterocycles. The van der Waals surface area contributed by atoms with Crippen molar-refractivity contribution in [2.75, 3.05) is 11.9 Å². The molecule has 2 aliphatic heterocycles. The van der Waals surface area contributed by atoms with Crippen molar-refractivity contribution >= 4 is 23.5 Å². The molecule has 0 radical (unpaired) electrons. The zero-order chi connectivity index (χ0) is 20.1. The maximum absolute atomic E-state index is 12.7. The molecule has 2 spiro atoms. The molecular formula is C21H25N3O5. The third-order valence-electron chi connectivity index (χ3n) is 6.44. The number of hydrogen-bond donors (Lipinski definition) is 2. The van der Waals surface area contributed by atoms with E-state index in [2.05, 4.69) is 10.6 Å². The van der Waals surface area contributed by atoms with Crippen LogP contribution in [-0.2, 0) is 9.59 Å². The van der Waals surface area contributed by atoms with Crippen LogP contribution in [0.1, 0.15) is 57.8 Å². The SMILES string of the molecule is O=C(CN1C(=O)NC2(CCCC2)C1=O)Nc1ccc2c(c1)OC1(CCCCC1)O2. The minimum Gasteiger partial charge on any atom is -0.448 e. The molecule has 4 aliphatic rings. The van der Waals surface area contributed by atoms with Crippen LogP contribution in [0.15, 0.2) is 18.2 Å². The minimum atomic E-state index is -0.801. The molecule has 5 rings (SSSR count). The quantitative estimate of drug-likeness (QED) is 0.762. The molecule has 4 amide bonds. The molecule has 2 heterocycles. The van der Waals surface area contributed by atoms with Crippen LogP contribution in [-0.4, -0.2) is 40.6 Å². The highest BCUT2D eigenvalue weighted by Crippen LogP contribution is 2.46. The molecule has 0 unspecified atom stereocenters. The average Bonchev–Trinajstić information content (AvgIpc) is 3.36. The third-order valence-corrected chi connectivity index (χ3v) is 6.44. The van der Waals surface area contributed by atoms with Crippen LogP contribution in [0.3, 0.4) is 0 Å². The molecule has 0 bridgehead atoms. The summed E-state index contributed by atoms with van der Waals surface area (Å²) < 4.78 is 12.1. The first-order valence-corrected chi connectivity index (χ1v) is 10.4. The van der Waals surface area contributed by atoms with E-state index in [1.807, 2.05) is 0 Å². The van der Waals surface area contributed by atoms with Crippen LogP contribution in [0.25, 0.3) is 0 Å². The Morgan fingerprint density at radius 3 is 2.45 bits per heavy atom. The van der Waals surface area contributed by atoms with Crippen molar-refractivity contribution < 1.29 is 23.9 Å². The van der Waals surface area contributed by atoms with Gasteiger partial charge in [-0.1, -0.05) is 19.3 Å². The Balaban J connectivity index is 1.24. The number of hydrogen-bond acceptors (Lipinski definition) is 5. The largest absolute Gasteiger partial charge is 0.448 e. The Morgan fingerprint density at radius 2 is 1.69 bits per heavy atom. The molecule has 8 heteroatoms. The maximum Gasteiger partial charge on any atom is 0.325 e. The lowest BCUT2D eigenvalue weighted by Crippen LogP contribution is -2.44. The number of ether oxygens (including phenoxy) is 2. The van der Waals surface area contributed by atoms with Crippen LogP contribution in [0.5, 0.6) is 11.5 Å². The second-order valence-electron chi connectivity index (χ2n) is 8.50. The molecule has 1 aromatic carbocycles. The van der Waals surface area contributed by atoms with Gasteiger partial charge in [-0.2, -0.15) is 0 Å². The average molecular weight is 399 g/mol. The normalized spacial score (nSPS) is 23.7. The van der Waals surface area contributed by atoms with Crippen molar-refractivity contribution in [1.29, 1.82) is 0 Å². The first kappa shape index (κ1) is 18.3. The van der Waals surface area contributed by atoms with Gasteiger partial charge in [0.2, 0.25) is 5.91 Å². The topological polar surface area (TPSA) is 97.0 Å². The van der Waals surface area contributed by atoms with E-state index >= 15 is 0 Å². The zero-order valence-electron chi connectivity index (χ0n) is 16.3. The molecule has 29 heavy (non-hydrogen) atoms. The lowest BCUT2D eigenvalue weighted by atomic mass is 9.94. The smallest absolute Gasteiger partial charge is 0.325 e. The predicted octanol–water partition coefficient (Wildman–Crippen LogP) is 2.92. The van der Waals surface area contributed by atoms with Crippen LogP contribution < -0.4 is 20.1 Å². The Morgan fingerprint density at radius 1 is 1.00 bits per heavy atom. The monoisotopic (exact) mass is 399 g/mol. The van der Waals surface area contributed by atoms with E-state index in [1.54, 1.807) is 18.2 Å². The van der Waals surface area contributed by atoms with Gasteiger partial charge in [-0.15, -0.1) is 0 Å². The Hall–Kier alpha value is -2.77. The highest BCUT2D eigenvalue weighted by atomic mass is 16.7. The fourth-order valence-electron chi connectivity index (χ4n) is 4.95. The van der Waals surface area contributed by atoms with Crippen LogP contribution in [0.4, 0.5) is 10.5 Å². The van der Waals surface area contributed by atoms with Gasteiger partial charge in [0.25, 0.3) is 11.7 Å². The molecule has 2 saturated carbocycles. The van der Waals surface area contributed by atoms with Crippen molar-refractivity contribution in [3.05, 3.63) is 18.2 Å². The van der Waals surface area contributed by atoms with E-state index in [4.69, 9.17) is 9.47 Å². The van der Waals surface area contributed by atoms with Crippen molar-refractivity contribution in [2.24, 2.45) is 0 Å². The molecule has 154 valence electrons. The highest BCUT2D eigenvalue weighted by molar-refractivity contribution is 6.10. The molecule has 8 nitrogen and oxygen atoms in total. The Bertz CT molecular complexity index is 871. The van der Waals surface area contributed by atoms with Gasteiger partial charge >= 0.3 is 6.03 Å². The second kappa shape index (κ2) is 6.64. The van der Waals surface area contributed by atoms with Gasteiger partial charge in [-0.25, -0.2) is 4.79 Å². The van der Waals surface area contributed by atoms with Gasteiger partial charge in [-0.3, -0.25) is 14.5 Å². The summed E-state index contributed by atoms with van der Waals surface area (Å²) in [7, 11) is 0. The lowest BCUT2D eigenvalue weighted by molar-refractivity contribution is -0.133. The fraction of sp³-hybridized carbons (Fsp3) is 0.571. The minimum absolute atomic E-state index is 0.292. The number of imide groups is 1. The van der Waals surface area contributed by atoms with Gasteiger partial charge in [0.05, 0.1) is 0 Å². The summed E-state index contributed by atoms with van der Waals surface area (Å²) in [5, 5.41) is 5.55. The molecule has 2 N–H and O–H groups in total. The summed E-state index contributed by atoms with van der Waals surface area (Å²) in [4.78, 5) is 38.4. The summed E-state index contributed by atoms with van der Waals surface area (Å²) in [6.07, 6.45) is 8.15. The molecular weight excluding hydrogens is 374 g/mol. The summed E-state index contributed by atoms with van der Waals surface area (Å²) in [5.41, 5.74) is -0.252. The van der Waals surface area contributed by atoms with Crippen LogP contribution in [0, 0.1) is 0 Å². The van der Waals surface area contributed by atoms with Gasteiger partial charge < -0.3 is 20.1 Å². The van der Waals surface area contributed by atoms with E-state index in [1.165, 1.54) is 6.42 Å². The van der Waals surface area contributed by atoms with Gasteiger partial charge in [0.1, 0.15) is 12.1 Å². The lowest BCUT2D eigenvalue weighted by Gasteiger charge is -2.31. The van der Waals surface area contributed by atoms with Gasteiger partial charge in [-0.05, 0) is 37.8 Å². The number of carbonyl (C=O) groups is 3. The first-order chi connectivity index (χ1) is 14.0. The van der Waals surface area contributed by atoms with E-state index in [0.717, 1.165) is 43.4 Å². The van der Waals surface area contributed by atoms with Crippen molar-refractivity contribution in [3.63, 3.8) is 0 Å². The second-order valence-corrected chi connectivity index (χ2v) is 8.50. The summed E-state index contributed by atoms with van der Waals surface area (Å²) in [6, 6.07) is 4.78. The standard InChI is InChI=1S/C21H25N3O5/c25-17(13-24-18(26)20(23-19(24)27)8-4-5-9-20)22-14-6-7-15-16(12-14)29-21(28-15)10-2-1-3-11-21/h6-7,12H,1-5,8-11,13H2,(H,22,25)(H,23,27). The van der Waals surface area contributed by atoms with E-state index in [0.29, 0.717) is 30.0 Å². The van der Waals surface area contributed by atoms with E-state index in [-0.39, 0.29) is 12.5 Å². The zero-order valence-corrected chi connectivity index (χ0v) is 16.3. The summed E-state index contributed by atoms with van der Waals surface area (Å²) in [6.45, 7) is -0.301. The molecule has 0 aromatic heterocycles. The number of fused-ring (bicyclic) bond motifs is 1. The third kappa shape index (κ3) is 3.10. The van der Waals surface area contributed by atoms with E-state index in [9.17, 15) is 14.4 Å². The predicted molar refractivity (Wildman–Crippen MR) is 104 cm³/mol. The van der Waals surface area contributed by atoms with Crippen molar-refractivity contribution in [3.8, 4) is 11.5 Å². The number of nitrogens with zero attached hydrogens (tertiary/aromatic N) is 1. The Labute approximate surface area is 168 Å². The number of anilines is 1. The number of urea groups is 1. The molecule has 3 fully saturated rings. The summed E-state index contributed by atoms with van der Waals surface area (Å²) in [5.74, 6) is 0.0143. The maximum atomic E-state index is 12.7. The Kier molecular flexibility index (Phi) is 4.18. The number of nitrogens with one attached hydrogen (secondary N) is 2. The van der Waals surface area contributed by atoms with Crippen LogP contribution >= 0.6 is 0 Å². The highest BCUT2D eigenvalue weighted by Gasteiger charge is 2.52. The van der Waals surface area contributed by atoms with Crippen molar-refractivity contribution in [2.45, 2.75) is 69.1 Å². The number of benzene rings is 1. The molecule has 1 aromatic rings. The first-order valence-electron chi connectivity index (χ1n) is 10.4. The van der Waals surface area contributed by atoms with Crippen LogP contribution in [0.2, 0.25) is 0 Å². The van der Waals surface area contributed by atoms with E-state index < -0.39 is 23.3 Å². The summed E-state index contributed by atoms with van der Waals surface area (Å²) >= 11 is 0. The number of carbonyl (C=O) groups excluding carboxylic acids is 3. The molecule has 0 atom stereocenters. The van der Waals surface area contributed by atoms with Gasteiger partial charge in [0.15, 0.2) is 11.5 Å². The fourth-order valence-corrected chi connectivity index (χ4v) is 4.95. The molecule has 2 aliphatic carbocycles. The number of rotatable bonds is 3. The van der Waals surface area contributed by atoms with Gasteiger partial charge in [0, 0.05) is 24.6 Å². The number of amides is 4.